The minimum Gasteiger partial charge on any atom is -0.444 e. The van der Waals surface area contributed by atoms with Crippen LogP contribution in [0.3, 0.4) is 0 Å². The van der Waals surface area contributed by atoms with E-state index in [1.807, 2.05) is 30.3 Å². The van der Waals surface area contributed by atoms with Gasteiger partial charge in [-0.25, -0.2) is 4.79 Å². The van der Waals surface area contributed by atoms with Crippen LogP contribution in [0.25, 0.3) is 10.8 Å². The van der Waals surface area contributed by atoms with Crippen molar-refractivity contribution in [3.8, 4) is 6.07 Å². The summed E-state index contributed by atoms with van der Waals surface area (Å²) < 4.78 is 5.35. The monoisotopic (exact) mass is 321 g/mol. The molecular formula is C21H23NO2. The number of rotatable bonds is 4. The zero-order valence-corrected chi connectivity index (χ0v) is 14.3. The van der Waals surface area contributed by atoms with Crippen molar-refractivity contribution >= 4 is 16.7 Å². The number of nitrogens with zero attached hydrogens (tertiary/aromatic N) is 1. The van der Waals surface area contributed by atoms with E-state index >= 15 is 0 Å². The minimum atomic E-state index is -0.740. The second kappa shape index (κ2) is 7.05. The molecule has 24 heavy (non-hydrogen) atoms. The normalized spacial score (nSPS) is 21.4. The molecule has 0 aromatic heterocycles. The molecule has 0 radical (unpaired) electrons. The molecule has 3 rings (SSSR count). The van der Waals surface area contributed by atoms with E-state index in [0.717, 1.165) is 35.1 Å². The number of nitriles is 1. The molecule has 124 valence electrons. The van der Waals surface area contributed by atoms with Crippen LogP contribution in [-0.4, -0.2) is 12.1 Å². The van der Waals surface area contributed by atoms with Gasteiger partial charge in [0.15, 0.2) is 6.10 Å². The first-order valence-corrected chi connectivity index (χ1v) is 8.76. The molecule has 0 heterocycles. The molecule has 2 aromatic rings. The molecule has 1 aliphatic carbocycles. The van der Waals surface area contributed by atoms with Gasteiger partial charge in [-0.3, -0.25) is 0 Å². The molecule has 1 fully saturated rings. The van der Waals surface area contributed by atoms with Crippen LogP contribution in [0, 0.1) is 17.2 Å². The molecule has 0 spiro atoms. The molecule has 0 N–H and O–H groups in total. The fourth-order valence-electron chi connectivity index (χ4n) is 3.83. The fourth-order valence-corrected chi connectivity index (χ4v) is 3.83. The van der Waals surface area contributed by atoms with Gasteiger partial charge in [-0.2, -0.15) is 5.26 Å². The van der Waals surface area contributed by atoms with Crippen molar-refractivity contribution in [3.05, 3.63) is 47.5 Å². The molecular weight excluding hydrogens is 298 g/mol. The zero-order chi connectivity index (χ0) is 17.1. The first-order valence-electron chi connectivity index (χ1n) is 8.76. The lowest BCUT2D eigenvalue weighted by Crippen LogP contribution is -2.16. The summed E-state index contributed by atoms with van der Waals surface area (Å²) in [6.45, 7) is 3.84. The molecule has 1 saturated carbocycles. The zero-order valence-electron chi connectivity index (χ0n) is 14.3. The SMILES string of the molecule is CCC1CCC(c2ccc3ccccc3c2C(=O)OC(C)C#N)C1. The van der Waals surface area contributed by atoms with Gasteiger partial charge in [0.25, 0.3) is 0 Å². The van der Waals surface area contributed by atoms with Gasteiger partial charge in [0.2, 0.25) is 0 Å². The van der Waals surface area contributed by atoms with Gasteiger partial charge in [-0.05, 0) is 54.4 Å². The molecule has 0 aliphatic heterocycles. The van der Waals surface area contributed by atoms with Crippen LogP contribution in [0.4, 0.5) is 0 Å². The summed E-state index contributed by atoms with van der Waals surface area (Å²) in [6, 6.07) is 14.0. The van der Waals surface area contributed by atoms with E-state index in [1.165, 1.54) is 12.8 Å². The predicted molar refractivity (Wildman–Crippen MR) is 94.8 cm³/mol. The summed E-state index contributed by atoms with van der Waals surface area (Å²) in [5.41, 5.74) is 1.73. The molecule has 2 aromatic carbocycles. The predicted octanol–water partition coefficient (Wildman–Crippen LogP) is 5.20. The summed E-state index contributed by atoms with van der Waals surface area (Å²) in [5, 5.41) is 10.9. The average Bonchev–Trinajstić information content (AvgIpc) is 3.09. The van der Waals surface area contributed by atoms with Crippen molar-refractivity contribution in [1.29, 1.82) is 5.26 Å². The van der Waals surface area contributed by atoms with Crippen LogP contribution in [0.5, 0.6) is 0 Å². The molecule has 3 unspecified atom stereocenters. The Labute approximate surface area is 143 Å². The Bertz CT molecular complexity index is 790. The van der Waals surface area contributed by atoms with Gasteiger partial charge in [-0.15, -0.1) is 0 Å². The Morgan fingerprint density at radius 3 is 2.79 bits per heavy atom. The number of fused-ring (bicyclic) bond motifs is 1. The van der Waals surface area contributed by atoms with Crippen LogP contribution < -0.4 is 0 Å². The number of hydrogen-bond acceptors (Lipinski definition) is 3. The van der Waals surface area contributed by atoms with Crippen molar-refractivity contribution < 1.29 is 9.53 Å². The Balaban J connectivity index is 2.07. The summed E-state index contributed by atoms with van der Waals surface area (Å²) in [6.07, 6.45) is 3.91. The Morgan fingerprint density at radius 1 is 1.29 bits per heavy atom. The Morgan fingerprint density at radius 2 is 2.08 bits per heavy atom. The number of ether oxygens (including phenoxy) is 1. The van der Waals surface area contributed by atoms with E-state index < -0.39 is 6.10 Å². The van der Waals surface area contributed by atoms with E-state index in [9.17, 15) is 4.79 Å². The van der Waals surface area contributed by atoms with Crippen molar-refractivity contribution in [1.82, 2.24) is 0 Å². The highest BCUT2D eigenvalue weighted by Crippen LogP contribution is 2.42. The van der Waals surface area contributed by atoms with E-state index in [2.05, 4.69) is 19.1 Å². The molecule has 0 bridgehead atoms. The quantitative estimate of drug-likeness (QED) is 0.727. The topological polar surface area (TPSA) is 50.1 Å². The van der Waals surface area contributed by atoms with Gasteiger partial charge in [0.05, 0.1) is 5.56 Å². The number of hydrogen-bond donors (Lipinski definition) is 0. The Kier molecular flexibility index (Phi) is 4.85. The fraction of sp³-hybridized carbons (Fsp3) is 0.429. The van der Waals surface area contributed by atoms with Gasteiger partial charge in [0.1, 0.15) is 6.07 Å². The summed E-state index contributed by atoms with van der Waals surface area (Å²) >= 11 is 0. The molecule has 0 amide bonds. The van der Waals surface area contributed by atoms with E-state index in [-0.39, 0.29) is 5.97 Å². The second-order valence-electron chi connectivity index (χ2n) is 6.71. The van der Waals surface area contributed by atoms with Crippen molar-refractivity contribution in [2.24, 2.45) is 5.92 Å². The molecule has 0 saturated heterocycles. The average molecular weight is 321 g/mol. The van der Waals surface area contributed by atoms with E-state index in [0.29, 0.717) is 11.5 Å². The lowest BCUT2D eigenvalue weighted by atomic mass is 9.88. The maximum Gasteiger partial charge on any atom is 0.340 e. The van der Waals surface area contributed by atoms with Gasteiger partial charge >= 0.3 is 5.97 Å². The maximum atomic E-state index is 12.8. The molecule has 3 heteroatoms. The minimum absolute atomic E-state index is 0.379. The van der Waals surface area contributed by atoms with E-state index in [1.54, 1.807) is 6.92 Å². The highest BCUT2D eigenvalue weighted by Gasteiger charge is 2.29. The van der Waals surface area contributed by atoms with Gasteiger partial charge in [-0.1, -0.05) is 49.7 Å². The standard InChI is InChI=1S/C21H23NO2/c1-3-15-8-9-17(12-15)19-11-10-16-6-4-5-7-18(16)20(19)21(23)24-14(2)13-22/h4-7,10-11,14-15,17H,3,8-9,12H2,1-2H3. The van der Waals surface area contributed by atoms with Crippen LogP contribution in [0.15, 0.2) is 36.4 Å². The van der Waals surface area contributed by atoms with Crippen LogP contribution in [0.1, 0.15) is 61.4 Å². The van der Waals surface area contributed by atoms with E-state index in [4.69, 9.17) is 10.00 Å². The van der Waals surface area contributed by atoms with Crippen LogP contribution in [0.2, 0.25) is 0 Å². The first-order chi connectivity index (χ1) is 11.6. The lowest BCUT2D eigenvalue weighted by Gasteiger charge is -2.18. The maximum absolute atomic E-state index is 12.8. The highest BCUT2D eigenvalue weighted by atomic mass is 16.5. The highest BCUT2D eigenvalue weighted by molar-refractivity contribution is 6.06. The number of carbonyl (C=O) groups excluding carboxylic acids is 1. The van der Waals surface area contributed by atoms with Crippen molar-refractivity contribution in [3.63, 3.8) is 0 Å². The van der Waals surface area contributed by atoms with Gasteiger partial charge in [0, 0.05) is 0 Å². The van der Waals surface area contributed by atoms with Crippen LogP contribution in [-0.2, 0) is 4.74 Å². The third-order valence-corrected chi connectivity index (χ3v) is 5.19. The summed E-state index contributed by atoms with van der Waals surface area (Å²) in [7, 11) is 0. The summed E-state index contributed by atoms with van der Waals surface area (Å²) in [5.74, 6) is 0.763. The number of carbonyl (C=O) groups is 1. The summed E-state index contributed by atoms with van der Waals surface area (Å²) in [4.78, 5) is 12.8. The third-order valence-electron chi connectivity index (χ3n) is 5.19. The smallest absolute Gasteiger partial charge is 0.340 e. The lowest BCUT2D eigenvalue weighted by molar-refractivity contribution is 0.0436. The second-order valence-corrected chi connectivity index (χ2v) is 6.71. The third kappa shape index (κ3) is 3.14. The van der Waals surface area contributed by atoms with Crippen LogP contribution >= 0.6 is 0 Å². The Hall–Kier alpha value is -2.34. The van der Waals surface area contributed by atoms with Crippen molar-refractivity contribution in [2.45, 2.75) is 51.6 Å². The largest absolute Gasteiger partial charge is 0.444 e. The molecule has 3 nitrogen and oxygen atoms in total. The number of benzene rings is 2. The van der Waals surface area contributed by atoms with Gasteiger partial charge < -0.3 is 4.74 Å². The molecule has 1 aliphatic rings. The number of esters is 1. The van der Waals surface area contributed by atoms with Crippen molar-refractivity contribution in [2.75, 3.05) is 0 Å². The first kappa shape index (κ1) is 16.5. The molecule has 3 atom stereocenters.